The molecule has 0 saturated carbocycles. The van der Waals surface area contributed by atoms with Crippen LogP contribution in [0.25, 0.3) is 0 Å². The van der Waals surface area contributed by atoms with Gasteiger partial charge < -0.3 is 66.2 Å². The van der Waals surface area contributed by atoms with Crippen molar-refractivity contribution in [1.29, 1.82) is 0 Å². The van der Waals surface area contributed by atoms with E-state index in [0.29, 0.717) is 0 Å². The number of hydrogen-bond acceptors (Lipinski definition) is 13. The van der Waals surface area contributed by atoms with Gasteiger partial charge in [0.1, 0.15) is 48.8 Å². The van der Waals surface area contributed by atoms with Gasteiger partial charge in [0.25, 0.3) is 0 Å². The summed E-state index contributed by atoms with van der Waals surface area (Å²) in [6, 6.07) is 0. The van der Waals surface area contributed by atoms with E-state index >= 15 is 0 Å². The molecule has 166 valence electrons. The van der Waals surface area contributed by atoms with Crippen LogP contribution in [0.4, 0.5) is 0 Å². The van der Waals surface area contributed by atoms with Crippen LogP contribution >= 0.6 is 0 Å². The van der Waals surface area contributed by atoms with Gasteiger partial charge in [0.05, 0.1) is 19.3 Å². The average molecular weight is 414 g/mol. The first kappa shape index (κ1) is 23.8. The molecule has 0 unspecified atom stereocenters. The van der Waals surface area contributed by atoms with E-state index in [1.165, 1.54) is 0 Å². The summed E-state index contributed by atoms with van der Waals surface area (Å²) < 4.78 is 21.5. The Morgan fingerprint density at radius 2 is 1.25 bits per heavy atom. The quantitative estimate of drug-likeness (QED) is 0.180. The number of aliphatic hydroxyl groups is 7. The molecule has 28 heavy (non-hydrogen) atoms. The maximum absolute atomic E-state index is 10.4. The maximum atomic E-state index is 10.4. The molecule has 0 aromatic carbocycles. The molecule has 13 nitrogen and oxygen atoms in total. The molecule has 0 bridgehead atoms. The molecule has 0 aliphatic carbocycles. The highest BCUT2D eigenvalue weighted by Crippen LogP contribution is 2.29. The van der Waals surface area contributed by atoms with Crippen molar-refractivity contribution in [2.24, 2.45) is 11.5 Å². The second kappa shape index (κ2) is 10.5. The van der Waals surface area contributed by atoms with Crippen LogP contribution < -0.4 is 11.5 Å². The summed E-state index contributed by atoms with van der Waals surface area (Å²) in [6.07, 6.45) is -15.7. The van der Waals surface area contributed by atoms with E-state index < -0.39 is 80.7 Å². The summed E-state index contributed by atoms with van der Waals surface area (Å²) in [5.74, 6) is 0. The molecule has 13 heteroatoms. The summed E-state index contributed by atoms with van der Waals surface area (Å²) in [7, 11) is 0. The lowest BCUT2D eigenvalue weighted by molar-refractivity contribution is -0.362. The first-order valence-corrected chi connectivity index (χ1v) is 8.93. The second-order valence-electron chi connectivity index (χ2n) is 6.73. The van der Waals surface area contributed by atoms with Gasteiger partial charge in [-0.05, 0) is 0 Å². The number of aliphatic hydroxyl groups excluding tert-OH is 7. The Bertz CT molecular complexity index is 467. The van der Waals surface area contributed by atoms with Gasteiger partial charge in [0.15, 0.2) is 12.6 Å². The molecule has 2 fully saturated rings. The summed E-state index contributed by atoms with van der Waals surface area (Å²) in [4.78, 5) is 0. The third kappa shape index (κ3) is 4.96. The van der Waals surface area contributed by atoms with Crippen molar-refractivity contribution in [3.05, 3.63) is 0 Å². The Morgan fingerprint density at radius 3 is 1.79 bits per heavy atom. The van der Waals surface area contributed by atoms with Crippen molar-refractivity contribution in [3.8, 4) is 0 Å². The lowest BCUT2D eigenvalue weighted by Crippen LogP contribution is -2.65. The monoisotopic (exact) mass is 414 g/mol. The average Bonchev–Trinajstić information content (AvgIpc) is 2.70. The number of nitrogens with two attached hydrogens (primary N) is 2. The van der Waals surface area contributed by atoms with Crippen molar-refractivity contribution in [2.45, 2.75) is 67.5 Å². The third-order valence-electron chi connectivity index (χ3n) is 4.81. The maximum Gasteiger partial charge on any atom is 0.187 e. The molecule has 0 aromatic heterocycles. The molecule has 2 saturated heterocycles. The molecule has 0 amide bonds. The van der Waals surface area contributed by atoms with Crippen LogP contribution in [-0.2, 0) is 18.9 Å². The van der Waals surface area contributed by atoms with Crippen LogP contribution in [0, 0.1) is 0 Å². The Kier molecular flexibility index (Phi) is 8.90. The minimum atomic E-state index is -1.73. The SMILES string of the molecule is NCC(CN)O[C@@H]1O[C@H](CO)[C@@H](O[C@@H]2O[C@H](CO)[C@H](O)[C@H](O)[C@H]2O)[C@H](O)[C@H]1O. The van der Waals surface area contributed by atoms with Crippen LogP contribution in [-0.4, -0.2) is 130 Å². The second-order valence-corrected chi connectivity index (χ2v) is 6.73. The molecular formula is C15H30N2O11. The van der Waals surface area contributed by atoms with Crippen molar-refractivity contribution in [2.75, 3.05) is 26.3 Å². The van der Waals surface area contributed by atoms with Gasteiger partial charge in [-0.1, -0.05) is 0 Å². The predicted molar refractivity (Wildman–Crippen MR) is 89.4 cm³/mol. The zero-order valence-electron chi connectivity index (χ0n) is 15.1. The molecule has 0 radical (unpaired) electrons. The Morgan fingerprint density at radius 1 is 0.714 bits per heavy atom. The van der Waals surface area contributed by atoms with Gasteiger partial charge >= 0.3 is 0 Å². The van der Waals surface area contributed by atoms with Crippen molar-refractivity contribution < 1.29 is 54.7 Å². The van der Waals surface area contributed by atoms with E-state index in [4.69, 9.17) is 30.4 Å². The molecule has 2 heterocycles. The number of hydrogen-bond donors (Lipinski definition) is 9. The fraction of sp³-hybridized carbons (Fsp3) is 1.00. The smallest absolute Gasteiger partial charge is 0.187 e. The Balaban J connectivity index is 2.10. The normalized spacial score (nSPS) is 44.8. The molecule has 2 rings (SSSR count). The number of ether oxygens (including phenoxy) is 4. The first-order valence-electron chi connectivity index (χ1n) is 8.93. The first-order chi connectivity index (χ1) is 13.3. The summed E-state index contributed by atoms with van der Waals surface area (Å²) >= 11 is 0. The summed E-state index contributed by atoms with van der Waals surface area (Å²) in [6.45, 7) is -1.25. The van der Waals surface area contributed by atoms with Crippen LogP contribution in [0.15, 0.2) is 0 Å². The highest BCUT2D eigenvalue weighted by atomic mass is 16.7. The molecule has 0 spiro atoms. The Labute approximate surface area is 161 Å². The number of rotatable bonds is 8. The van der Waals surface area contributed by atoms with E-state index in [0.717, 1.165) is 0 Å². The van der Waals surface area contributed by atoms with E-state index in [1.807, 2.05) is 0 Å². The van der Waals surface area contributed by atoms with Crippen LogP contribution in [0.5, 0.6) is 0 Å². The summed E-state index contributed by atoms with van der Waals surface area (Å²) in [5, 5.41) is 69.2. The molecule has 0 aromatic rings. The fourth-order valence-corrected chi connectivity index (χ4v) is 3.06. The van der Waals surface area contributed by atoms with Gasteiger partial charge in [-0.15, -0.1) is 0 Å². The van der Waals surface area contributed by atoms with Crippen molar-refractivity contribution in [3.63, 3.8) is 0 Å². The van der Waals surface area contributed by atoms with E-state index in [-0.39, 0.29) is 13.1 Å². The molecule has 2 aliphatic heterocycles. The van der Waals surface area contributed by atoms with Crippen LogP contribution in [0.1, 0.15) is 0 Å². The van der Waals surface area contributed by atoms with Gasteiger partial charge in [0.2, 0.25) is 0 Å². The largest absolute Gasteiger partial charge is 0.394 e. The zero-order chi connectivity index (χ0) is 21.0. The van der Waals surface area contributed by atoms with E-state index in [1.54, 1.807) is 0 Å². The zero-order valence-corrected chi connectivity index (χ0v) is 15.1. The predicted octanol–water partition coefficient (Wildman–Crippen LogP) is -6.09. The minimum Gasteiger partial charge on any atom is -0.394 e. The van der Waals surface area contributed by atoms with Gasteiger partial charge in [0, 0.05) is 13.1 Å². The Hall–Kier alpha value is -0.520. The molecule has 10 atom stereocenters. The topological polar surface area (TPSA) is 231 Å². The third-order valence-corrected chi connectivity index (χ3v) is 4.81. The molecule has 11 N–H and O–H groups in total. The van der Waals surface area contributed by atoms with E-state index in [9.17, 15) is 35.7 Å². The van der Waals surface area contributed by atoms with Crippen LogP contribution in [0.2, 0.25) is 0 Å². The van der Waals surface area contributed by atoms with Crippen molar-refractivity contribution in [1.82, 2.24) is 0 Å². The van der Waals surface area contributed by atoms with Crippen LogP contribution in [0.3, 0.4) is 0 Å². The lowest BCUT2D eigenvalue weighted by Gasteiger charge is -2.46. The molecule has 2 aliphatic rings. The van der Waals surface area contributed by atoms with Gasteiger partial charge in [-0.3, -0.25) is 0 Å². The van der Waals surface area contributed by atoms with Crippen molar-refractivity contribution >= 4 is 0 Å². The highest BCUT2D eigenvalue weighted by molar-refractivity contribution is 4.94. The minimum absolute atomic E-state index is 0.0355. The fourth-order valence-electron chi connectivity index (χ4n) is 3.06. The van der Waals surface area contributed by atoms with Gasteiger partial charge in [-0.2, -0.15) is 0 Å². The lowest BCUT2D eigenvalue weighted by atomic mass is 9.97. The highest BCUT2D eigenvalue weighted by Gasteiger charge is 2.50. The summed E-state index contributed by atoms with van der Waals surface area (Å²) in [5.41, 5.74) is 11.0. The van der Waals surface area contributed by atoms with Gasteiger partial charge in [-0.25, -0.2) is 0 Å². The molecular weight excluding hydrogens is 384 g/mol. The standard InChI is InChI=1S/C15H30N2O11/c16-1-5(2-17)25-14-12(24)10(22)13(7(4-19)27-14)28-15-11(23)9(21)8(20)6(3-18)26-15/h5-15,18-24H,1-4,16-17H2/t6-,7-,8+,9+,10-,11-,12-,13-,14-,15+/m1/s1. The van der Waals surface area contributed by atoms with E-state index in [2.05, 4.69) is 0 Å².